The van der Waals surface area contributed by atoms with Crippen molar-refractivity contribution >= 4 is 0 Å². The monoisotopic (exact) mass is 176 g/mol. The minimum absolute atomic E-state index is 0.148. The molecule has 0 aromatic heterocycles. The van der Waals surface area contributed by atoms with E-state index in [0.717, 1.165) is 6.42 Å². The van der Waals surface area contributed by atoms with Crippen molar-refractivity contribution in [2.75, 3.05) is 0 Å². The van der Waals surface area contributed by atoms with Crippen molar-refractivity contribution in [2.45, 2.75) is 32.3 Å². The van der Waals surface area contributed by atoms with Gasteiger partial charge in [0.25, 0.3) is 0 Å². The highest BCUT2D eigenvalue weighted by molar-refractivity contribution is 5.30. The molecule has 1 aliphatic carbocycles. The van der Waals surface area contributed by atoms with E-state index < -0.39 is 0 Å². The molecule has 70 valence electrons. The van der Waals surface area contributed by atoms with E-state index in [0.29, 0.717) is 11.8 Å². The summed E-state index contributed by atoms with van der Waals surface area (Å²) < 4.78 is 0. The van der Waals surface area contributed by atoms with Crippen LogP contribution in [0.3, 0.4) is 0 Å². The number of rotatable bonds is 2. The van der Waals surface area contributed by atoms with E-state index in [1.165, 1.54) is 11.1 Å². The van der Waals surface area contributed by atoms with E-state index in [-0.39, 0.29) is 6.10 Å². The van der Waals surface area contributed by atoms with E-state index in [1.54, 1.807) is 0 Å². The summed E-state index contributed by atoms with van der Waals surface area (Å²) in [5.41, 5.74) is 2.71. The van der Waals surface area contributed by atoms with Crippen LogP contribution in [0.25, 0.3) is 0 Å². The highest BCUT2D eigenvalue weighted by atomic mass is 16.3. The lowest BCUT2D eigenvalue weighted by Crippen LogP contribution is -2.03. The molecule has 0 bridgehead atoms. The molecular formula is C12H16O. The lowest BCUT2D eigenvalue weighted by Gasteiger charge is -2.03. The topological polar surface area (TPSA) is 20.2 Å². The minimum atomic E-state index is -0.148. The van der Waals surface area contributed by atoms with Gasteiger partial charge in [0.05, 0.1) is 6.10 Å². The second-order valence-electron chi connectivity index (χ2n) is 4.16. The zero-order valence-corrected chi connectivity index (χ0v) is 8.20. The third-order valence-electron chi connectivity index (χ3n) is 2.93. The van der Waals surface area contributed by atoms with Crippen LogP contribution in [0.4, 0.5) is 0 Å². The van der Waals surface area contributed by atoms with Gasteiger partial charge in [-0.3, -0.25) is 0 Å². The molecule has 0 spiro atoms. The van der Waals surface area contributed by atoms with Crippen LogP contribution in [-0.2, 0) is 0 Å². The SMILES string of the molecule is Cc1cccc([C@@H]2C[C@H]2[C@@H](C)O)c1. The number of benzene rings is 1. The lowest BCUT2D eigenvalue weighted by atomic mass is 10.1. The Bertz CT molecular complexity index is 304. The number of aliphatic hydroxyl groups is 1. The Hall–Kier alpha value is -0.820. The molecule has 0 aliphatic heterocycles. The summed E-state index contributed by atoms with van der Waals surface area (Å²) in [5, 5.41) is 9.39. The first-order valence-electron chi connectivity index (χ1n) is 4.93. The standard InChI is InChI=1S/C12H16O/c1-8-4-3-5-10(6-8)12-7-11(12)9(2)13/h3-6,9,11-13H,7H2,1-2H3/t9-,11+,12+/m1/s1. The molecule has 1 heteroatoms. The van der Waals surface area contributed by atoms with Crippen LogP contribution in [-0.4, -0.2) is 11.2 Å². The van der Waals surface area contributed by atoms with Gasteiger partial charge in [-0.05, 0) is 37.7 Å². The predicted molar refractivity (Wildman–Crippen MR) is 53.7 cm³/mol. The number of hydrogen-bond donors (Lipinski definition) is 1. The number of hydrogen-bond acceptors (Lipinski definition) is 1. The van der Waals surface area contributed by atoms with Gasteiger partial charge in [0.15, 0.2) is 0 Å². The van der Waals surface area contributed by atoms with Crippen molar-refractivity contribution in [3.63, 3.8) is 0 Å². The van der Waals surface area contributed by atoms with Crippen LogP contribution < -0.4 is 0 Å². The summed E-state index contributed by atoms with van der Waals surface area (Å²) in [6, 6.07) is 8.61. The first-order valence-corrected chi connectivity index (χ1v) is 4.93. The average Bonchev–Trinajstić information content (AvgIpc) is 2.82. The maximum atomic E-state index is 9.39. The quantitative estimate of drug-likeness (QED) is 0.734. The van der Waals surface area contributed by atoms with Crippen molar-refractivity contribution in [3.8, 4) is 0 Å². The molecule has 1 aliphatic rings. The Morgan fingerprint density at radius 3 is 2.77 bits per heavy atom. The highest BCUT2D eigenvalue weighted by Gasteiger charge is 2.41. The third-order valence-corrected chi connectivity index (χ3v) is 2.93. The summed E-state index contributed by atoms with van der Waals surface area (Å²) in [6.45, 7) is 4.00. The van der Waals surface area contributed by atoms with Gasteiger partial charge in [-0.15, -0.1) is 0 Å². The molecule has 2 rings (SSSR count). The van der Waals surface area contributed by atoms with Crippen molar-refractivity contribution in [2.24, 2.45) is 5.92 Å². The van der Waals surface area contributed by atoms with Gasteiger partial charge in [-0.1, -0.05) is 29.8 Å². The van der Waals surface area contributed by atoms with E-state index in [1.807, 2.05) is 6.92 Å². The fourth-order valence-electron chi connectivity index (χ4n) is 2.03. The summed E-state index contributed by atoms with van der Waals surface area (Å²) in [4.78, 5) is 0. The van der Waals surface area contributed by atoms with E-state index in [9.17, 15) is 5.11 Å². The molecule has 1 aromatic carbocycles. The molecule has 0 unspecified atom stereocenters. The Morgan fingerprint density at radius 1 is 1.46 bits per heavy atom. The van der Waals surface area contributed by atoms with Gasteiger partial charge >= 0.3 is 0 Å². The number of aliphatic hydroxyl groups excluding tert-OH is 1. The molecule has 1 N–H and O–H groups in total. The van der Waals surface area contributed by atoms with Crippen LogP contribution in [0.5, 0.6) is 0 Å². The van der Waals surface area contributed by atoms with Crippen molar-refractivity contribution < 1.29 is 5.11 Å². The second-order valence-corrected chi connectivity index (χ2v) is 4.16. The summed E-state index contributed by atoms with van der Waals surface area (Å²) >= 11 is 0. The molecule has 0 radical (unpaired) electrons. The Labute approximate surface area is 79.4 Å². The average molecular weight is 176 g/mol. The van der Waals surface area contributed by atoms with Crippen LogP contribution in [0.2, 0.25) is 0 Å². The van der Waals surface area contributed by atoms with E-state index in [2.05, 4.69) is 31.2 Å². The predicted octanol–water partition coefficient (Wildman–Crippen LogP) is 2.48. The first-order chi connectivity index (χ1) is 6.18. The minimum Gasteiger partial charge on any atom is -0.393 e. The Morgan fingerprint density at radius 2 is 2.23 bits per heavy atom. The van der Waals surface area contributed by atoms with Gasteiger partial charge in [0, 0.05) is 0 Å². The molecule has 0 saturated heterocycles. The largest absolute Gasteiger partial charge is 0.393 e. The normalized spacial score (nSPS) is 28.5. The molecular weight excluding hydrogens is 160 g/mol. The van der Waals surface area contributed by atoms with E-state index >= 15 is 0 Å². The fraction of sp³-hybridized carbons (Fsp3) is 0.500. The zero-order valence-electron chi connectivity index (χ0n) is 8.20. The summed E-state index contributed by atoms with van der Waals surface area (Å²) in [7, 11) is 0. The smallest absolute Gasteiger partial charge is 0.0546 e. The van der Waals surface area contributed by atoms with Gasteiger partial charge in [-0.2, -0.15) is 0 Å². The van der Waals surface area contributed by atoms with Crippen molar-refractivity contribution in [1.29, 1.82) is 0 Å². The zero-order chi connectivity index (χ0) is 9.42. The maximum Gasteiger partial charge on any atom is 0.0546 e. The van der Waals surface area contributed by atoms with Crippen molar-refractivity contribution in [1.82, 2.24) is 0 Å². The van der Waals surface area contributed by atoms with Crippen LogP contribution in [0.1, 0.15) is 30.4 Å². The Balaban J connectivity index is 2.12. The van der Waals surface area contributed by atoms with Gasteiger partial charge in [0.1, 0.15) is 0 Å². The molecule has 1 saturated carbocycles. The molecule has 3 atom stereocenters. The summed E-state index contributed by atoms with van der Waals surface area (Å²) in [6.07, 6.45) is 1.01. The number of aryl methyl sites for hydroxylation is 1. The molecule has 1 aromatic rings. The lowest BCUT2D eigenvalue weighted by molar-refractivity contribution is 0.169. The summed E-state index contributed by atoms with van der Waals surface area (Å²) in [5.74, 6) is 1.11. The van der Waals surface area contributed by atoms with Crippen LogP contribution >= 0.6 is 0 Å². The maximum absolute atomic E-state index is 9.39. The van der Waals surface area contributed by atoms with Crippen LogP contribution in [0.15, 0.2) is 24.3 Å². The fourth-order valence-corrected chi connectivity index (χ4v) is 2.03. The Kier molecular flexibility index (Phi) is 2.12. The highest BCUT2D eigenvalue weighted by Crippen LogP contribution is 2.49. The first kappa shape index (κ1) is 8.76. The van der Waals surface area contributed by atoms with Gasteiger partial charge in [-0.25, -0.2) is 0 Å². The molecule has 0 amide bonds. The second kappa shape index (κ2) is 3.15. The van der Waals surface area contributed by atoms with Crippen molar-refractivity contribution in [3.05, 3.63) is 35.4 Å². The molecule has 1 fully saturated rings. The van der Waals surface area contributed by atoms with Crippen LogP contribution in [0, 0.1) is 12.8 Å². The van der Waals surface area contributed by atoms with Gasteiger partial charge in [0.2, 0.25) is 0 Å². The molecule has 13 heavy (non-hydrogen) atoms. The third kappa shape index (κ3) is 1.75. The van der Waals surface area contributed by atoms with Gasteiger partial charge < -0.3 is 5.11 Å². The van der Waals surface area contributed by atoms with E-state index in [4.69, 9.17) is 0 Å². The molecule has 1 nitrogen and oxygen atoms in total. The molecule has 0 heterocycles.